The minimum atomic E-state index is -5.80. The van der Waals surface area contributed by atoms with E-state index in [1.54, 1.807) is 0 Å². The zero-order valence-electron chi connectivity index (χ0n) is 7.80. The predicted octanol–water partition coefficient (Wildman–Crippen LogP) is 3.00. The molecule has 1 aromatic rings. The summed E-state index contributed by atoms with van der Waals surface area (Å²) in [5.41, 5.74) is -1.46. The number of hydrogen-bond acceptors (Lipinski definition) is 2. The van der Waals surface area contributed by atoms with Crippen molar-refractivity contribution in [2.24, 2.45) is 0 Å². The highest BCUT2D eigenvalue weighted by atomic mass is 32.3. The molecule has 0 aliphatic rings. The highest BCUT2D eigenvalue weighted by molar-refractivity contribution is 7.86. The molecule has 0 bridgehead atoms. The second-order valence-corrected chi connectivity index (χ2v) is 4.38. The lowest BCUT2D eigenvalue weighted by atomic mass is 10.1. The van der Waals surface area contributed by atoms with Crippen LogP contribution < -0.4 is 0 Å². The summed E-state index contributed by atoms with van der Waals surface area (Å²) < 4.78 is 94.2. The zero-order chi connectivity index (χ0) is 13.5. The minimum absolute atomic E-state index is 0.208. The quantitative estimate of drug-likeness (QED) is 0.615. The van der Waals surface area contributed by atoms with Crippen LogP contribution in [-0.2, 0) is 16.1 Å². The van der Waals surface area contributed by atoms with Gasteiger partial charge in [-0.3, -0.25) is 0 Å². The van der Waals surface area contributed by atoms with Crippen molar-refractivity contribution in [2.45, 2.75) is 17.0 Å². The van der Waals surface area contributed by atoms with Crippen LogP contribution in [0.2, 0.25) is 0 Å². The molecule has 0 aliphatic carbocycles. The second-order valence-electron chi connectivity index (χ2n) is 3.03. The van der Waals surface area contributed by atoms with E-state index in [1.807, 2.05) is 0 Å². The Morgan fingerprint density at radius 3 is 1.59 bits per heavy atom. The van der Waals surface area contributed by atoms with E-state index in [9.17, 15) is 34.3 Å². The molecule has 0 saturated heterocycles. The lowest BCUT2D eigenvalue weighted by Gasteiger charge is -2.19. The molecule has 0 unspecified atom stereocenters. The van der Waals surface area contributed by atoms with Gasteiger partial charge in [-0.25, -0.2) is 0 Å². The number of rotatable bonds is 2. The van der Waals surface area contributed by atoms with Crippen LogP contribution in [0.5, 0.6) is 0 Å². The Balaban J connectivity index is 3.21. The van der Waals surface area contributed by atoms with Crippen LogP contribution in [0.3, 0.4) is 0 Å². The number of hydrogen-bond donors (Lipinski definition) is 0. The molecule has 0 radical (unpaired) electrons. The fourth-order valence-electron chi connectivity index (χ4n) is 0.990. The number of halogens is 6. The van der Waals surface area contributed by atoms with E-state index in [2.05, 4.69) is 0 Å². The monoisotopic (exact) mass is 278 g/mol. The SMILES string of the molecule is O=S(=O)(F)c1ccc(C(F)(F)C(F)(F)F)cc1. The largest absolute Gasteiger partial charge is 0.458 e. The molecule has 2 nitrogen and oxygen atoms in total. The standard InChI is InChI=1S/C8H4F6O2S/c9-7(10,8(11,12)13)5-1-3-6(4-2-5)17(14,15)16/h1-4H. The van der Waals surface area contributed by atoms with Crippen LogP contribution in [0.4, 0.5) is 25.8 Å². The van der Waals surface area contributed by atoms with Gasteiger partial charge in [0.25, 0.3) is 0 Å². The van der Waals surface area contributed by atoms with Crippen LogP contribution in [0.1, 0.15) is 5.56 Å². The maximum absolute atomic E-state index is 12.7. The summed E-state index contributed by atoms with van der Waals surface area (Å²) in [6.45, 7) is 0. The van der Waals surface area contributed by atoms with Gasteiger partial charge in [0.15, 0.2) is 0 Å². The third kappa shape index (κ3) is 2.71. The fraction of sp³-hybridized carbons (Fsp3) is 0.250. The van der Waals surface area contributed by atoms with Crippen molar-refractivity contribution in [1.82, 2.24) is 0 Å². The van der Waals surface area contributed by atoms with Crippen LogP contribution >= 0.6 is 0 Å². The Morgan fingerprint density at radius 2 is 1.29 bits per heavy atom. The third-order valence-electron chi connectivity index (χ3n) is 1.85. The second kappa shape index (κ2) is 3.90. The maximum Gasteiger partial charge on any atom is 0.458 e. The van der Waals surface area contributed by atoms with Crippen LogP contribution in [0, 0.1) is 0 Å². The van der Waals surface area contributed by atoms with Crippen LogP contribution in [0.15, 0.2) is 29.2 Å². The van der Waals surface area contributed by atoms with Gasteiger partial charge in [0.1, 0.15) is 0 Å². The van der Waals surface area contributed by atoms with Crippen molar-refractivity contribution in [3.63, 3.8) is 0 Å². The predicted molar refractivity (Wildman–Crippen MR) is 44.7 cm³/mol. The van der Waals surface area contributed by atoms with Gasteiger partial charge in [-0.2, -0.15) is 30.4 Å². The molecule has 0 N–H and O–H groups in total. The van der Waals surface area contributed by atoms with Crippen molar-refractivity contribution in [3.8, 4) is 0 Å². The number of benzene rings is 1. The summed E-state index contributed by atoms with van der Waals surface area (Å²) >= 11 is 0. The molecule has 1 rings (SSSR count). The Labute approximate surface area is 92.1 Å². The van der Waals surface area contributed by atoms with Gasteiger partial charge in [-0.15, -0.1) is 3.89 Å². The highest BCUT2D eigenvalue weighted by Gasteiger charge is 2.58. The highest BCUT2D eigenvalue weighted by Crippen LogP contribution is 2.43. The average Bonchev–Trinajstić information content (AvgIpc) is 2.15. The summed E-state index contributed by atoms with van der Waals surface area (Å²) in [6.07, 6.45) is -5.80. The summed E-state index contributed by atoms with van der Waals surface area (Å²) in [7, 11) is -5.13. The summed E-state index contributed by atoms with van der Waals surface area (Å²) in [5.74, 6) is -5.12. The van der Waals surface area contributed by atoms with E-state index >= 15 is 0 Å². The third-order valence-corrected chi connectivity index (χ3v) is 2.69. The molecular formula is C8H4F6O2S. The van der Waals surface area contributed by atoms with Crippen molar-refractivity contribution >= 4 is 10.2 Å². The summed E-state index contributed by atoms with van der Waals surface area (Å²) in [6, 6.07) is 1.09. The van der Waals surface area contributed by atoms with Gasteiger partial charge in [0.2, 0.25) is 0 Å². The lowest BCUT2D eigenvalue weighted by molar-refractivity contribution is -0.289. The van der Waals surface area contributed by atoms with Crippen molar-refractivity contribution < 1.29 is 34.3 Å². The molecule has 0 aliphatic heterocycles. The maximum atomic E-state index is 12.7. The van der Waals surface area contributed by atoms with E-state index in [1.165, 1.54) is 0 Å². The molecule has 0 spiro atoms. The van der Waals surface area contributed by atoms with Crippen molar-refractivity contribution in [2.75, 3.05) is 0 Å². The van der Waals surface area contributed by atoms with Crippen LogP contribution in [-0.4, -0.2) is 14.6 Å². The van der Waals surface area contributed by atoms with Gasteiger partial charge in [-0.05, 0) is 12.1 Å². The Bertz CT molecular complexity index is 502. The summed E-state index contributed by atoms with van der Waals surface area (Å²) in [4.78, 5) is -0.987. The molecule has 0 fully saturated rings. The molecule has 0 amide bonds. The topological polar surface area (TPSA) is 34.1 Å². The Hall–Kier alpha value is -1.25. The molecule has 9 heteroatoms. The first-order valence-electron chi connectivity index (χ1n) is 3.96. The zero-order valence-corrected chi connectivity index (χ0v) is 8.62. The smallest absolute Gasteiger partial charge is 0.191 e. The molecular weight excluding hydrogens is 274 g/mol. The fourth-order valence-corrected chi connectivity index (χ4v) is 1.45. The summed E-state index contributed by atoms with van der Waals surface area (Å²) in [5, 5.41) is 0. The van der Waals surface area contributed by atoms with Gasteiger partial charge in [0.05, 0.1) is 4.90 Å². The van der Waals surface area contributed by atoms with E-state index in [0.29, 0.717) is 12.1 Å². The van der Waals surface area contributed by atoms with E-state index in [4.69, 9.17) is 0 Å². The van der Waals surface area contributed by atoms with Gasteiger partial charge >= 0.3 is 22.3 Å². The first kappa shape index (κ1) is 13.8. The molecule has 1 aromatic carbocycles. The first-order chi connectivity index (χ1) is 7.46. The van der Waals surface area contributed by atoms with Crippen molar-refractivity contribution in [3.05, 3.63) is 29.8 Å². The van der Waals surface area contributed by atoms with E-state index < -0.39 is 32.8 Å². The van der Waals surface area contributed by atoms with Gasteiger partial charge < -0.3 is 0 Å². The Morgan fingerprint density at radius 1 is 0.882 bits per heavy atom. The molecule has 96 valence electrons. The van der Waals surface area contributed by atoms with Gasteiger partial charge in [-0.1, -0.05) is 12.1 Å². The lowest BCUT2D eigenvalue weighted by Crippen LogP contribution is -2.33. The molecule has 0 atom stereocenters. The Kier molecular flexibility index (Phi) is 3.17. The average molecular weight is 278 g/mol. The molecule has 17 heavy (non-hydrogen) atoms. The molecule has 0 heterocycles. The molecule has 0 aromatic heterocycles. The van der Waals surface area contributed by atoms with E-state index in [-0.39, 0.29) is 12.1 Å². The number of alkyl halides is 5. The minimum Gasteiger partial charge on any atom is -0.191 e. The first-order valence-corrected chi connectivity index (χ1v) is 5.34. The van der Waals surface area contributed by atoms with Gasteiger partial charge in [0, 0.05) is 5.56 Å². The van der Waals surface area contributed by atoms with E-state index in [0.717, 1.165) is 0 Å². The molecule has 0 saturated carbocycles. The van der Waals surface area contributed by atoms with Crippen LogP contribution in [0.25, 0.3) is 0 Å². The normalized spacial score (nSPS) is 13.8. The van der Waals surface area contributed by atoms with Crippen molar-refractivity contribution in [1.29, 1.82) is 0 Å².